The molecule has 1 fully saturated rings. The highest BCUT2D eigenvalue weighted by Crippen LogP contribution is 2.20. The van der Waals surface area contributed by atoms with E-state index in [4.69, 9.17) is 5.26 Å². The molecule has 0 radical (unpaired) electrons. The van der Waals surface area contributed by atoms with E-state index in [0.717, 1.165) is 24.8 Å². The van der Waals surface area contributed by atoms with Crippen LogP contribution in [0, 0.1) is 17.2 Å². The van der Waals surface area contributed by atoms with E-state index in [1.165, 1.54) is 5.56 Å². The van der Waals surface area contributed by atoms with Gasteiger partial charge < -0.3 is 5.32 Å². The summed E-state index contributed by atoms with van der Waals surface area (Å²) in [5.41, 5.74) is 2.32. The standard InChI is InChI=1S/C15H18N2O/c1-2-11-3-5-12(6-4-11)9-13(10-16)15(18)17-14-7-8-14/h3-6,13-14H,2,7-9H2,1H3,(H,17,18). The van der Waals surface area contributed by atoms with Crippen LogP contribution >= 0.6 is 0 Å². The number of rotatable bonds is 5. The molecule has 1 aromatic rings. The van der Waals surface area contributed by atoms with Crippen molar-refractivity contribution >= 4 is 5.91 Å². The van der Waals surface area contributed by atoms with Gasteiger partial charge in [0.25, 0.3) is 0 Å². The molecule has 3 nitrogen and oxygen atoms in total. The Morgan fingerprint density at radius 3 is 2.50 bits per heavy atom. The highest BCUT2D eigenvalue weighted by molar-refractivity contribution is 5.81. The number of carbonyl (C=O) groups excluding carboxylic acids is 1. The van der Waals surface area contributed by atoms with Crippen molar-refractivity contribution in [1.29, 1.82) is 5.26 Å². The highest BCUT2D eigenvalue weighted by atomic mass is 16.1. The van der Waals surface area contributed by atoms with Crippen molar-refractivity contribution in [2.75, 3.05) is 0 Å². The maximum atomic E-state index is 11.8. The third kappa shape index (κ3) is 3.33. The van der Waals surface area contributed by atoms with Crippen LogP contribution in [0.15, 0.2) is 24.3 Å². The predicted octanol–water partition coefficient (Wildman–Crippen LogP) is 2.21. The van der Waals surface area contributed by atoms with Crippen LogP contribution in [0.2, 0.25) is 0 Å². The van der Waals surface area contributed by atoms with Crippen molar-refractivity contribution in [2.24, 2.45) is 5.92 Å². The first-order valence-electron chi connectivity index (χ1n) is 6.50. The van der Waals surface area contributed by atoms with Gasteiger partial charge in [-0.25, -0.2) is 0 Å². The molecule has 0 saturated heterocycles. The van der Waals surface area contributed by atoms with E-state index in [1.54, 1.807) is 0 Å². The number of nitriles is 1. The van der Waals surface area contributed by atoms with Gasteiger partial charge in [-0.2, -0.15) is 5.26 Å². The van der Waals surface area contributed by atoms with Crippen LogP contribution in [-0.4, -0.2) is 11.9 Å². The average Bonchev–Trinajstić information content (AvgIpc) is 3.20. The Morgan fingerprint density at radius 2 is 2.00 bits per heavy atom. The van der Waals surface area contributed by atoms with E-state index in [1.807, 2.05) is 12.1 Å². The van der Waals surface area contributed by atoms with E-state index in [9.17, 15) is 4.79 Å². The number of aryl methyl sites for hydroxylation is 1. The van der Waals surface area contributed by atoms with Gasteiger partial charge in [0.05, 0.1) is 6.07 Å². The number of amides is 1. The number of hydrogen-bond donors (Lipinski definition) is 1. The lowest BCUT2D eigenvalue weighted by Gasteiger charge is -2.10. The summed E-state index contributed by atoms with van der Waals surface area (Å²) in [7, 11) is 0. The molecule has 1 aromatic carbocycles. The zero-order valence-corrected chi connectivity index (χ0v) is 10.6. The molecule has 0 aliphatic heterocycles. The average molecular weight is 242 g/mol. The summed E-state index contributed by atoms with van der Waals surface area (Å²) < 4.78 is 0. The largest absolute Gasteiger partial charge is 0.352 e. The van der Waals surface area contributed by atoms with Gasteiger partial charge in [0.2, 0.25) is 5.91 Å². The molecule has 18 heavy (non-hydrogen) atoms. The van der Waals surface area contributed by atoms with E-state index in [-0.39, 0.29) is 5.91 Å². The lowest BCUT2D eigenvalue weighted by molar-refractivity contribution is -0.123. The fourth-order valence-corrected chi connectivity index (χ4v) is 1.87. The van der Waals surface area contributed by atoms with Crippen LogP contribution in [0.1, 0.15) is 30.9 Å². The lowest BCUT2D eigenvalue weighted by Crippen LogP contribution is -2.32. The van der Waals surface area contributed by atoms with Crippen molar-refractivity contribution in [1.82, 2.24) is 5.32 Å². The number of carbonyl (C=O) groups is 1. The van der Waals surface area contributed by atoms with Crippen molar-refractivity contribution in [3.8, 4) is 6.07 Å². The van der Waals surface area contributed by atoms with Crippen molar-refractivity contribution < 1.29 is 4.79 Å². The van der Waals surface area contributed by atoms with E-state index < -0.39 is 5.92 Å². The van der Waals surface area contributed by atoms with Crippen LogP contribution in [0.5, 0.6) is 0 Å². The number of nitrogens with one attached hydrogen (secondary N) is 1. The minimum atomic E-state index is -0.571. The summed E-state index contributed by atoms with van der Waals surface area (Å²) in [6.07, 6.45) is 3.60. The Balaban J connectivity index is 1.95. The first-order valence-corrected chi connectivity index (χ1v) is 6.50. The third-order valence-electron chi connectivity index (χ3n) is 3.27. The Labute approximate surface area is 108 Å². The van der Waals surface area contributed by atoms with Crippen LogP contribution < -0.4 is 5.32 Å². The smallest absolute Gasteiger partial charge is 0.237 e. The van der Waals surface area contributed by atoms with Gasteiger partial charge in [-0.05, 0) is 36.8 Å². The first-order chi connectivity index (χ1) is 8.72. The summed E-state index contributed by atoms with van der Waals surface area (Å²) in [5, 5.41) is 12.0. The molecular weight excluding hydrogens is 224 g/mol. The van der Waals surface area contributed by atoms with Crippen LogP contribution in [0.25, 0.3) is 0 Å². The summed E-state index contributed by atoms with van der Waals surface area (Å²) in [5.74, 6) is -0.697. The number of nitrogens with zero attached hydrogens (tertiary/aromatic N) is 1. The minimum Gasteiger partial charge on any atom is -0.352 e. The topological polar surface area (TPSA) is 52.9 Å². The second kappa shape index (κ2) is 5.68. The molecular formula is C15H18N2O. The van der Waals surface area contributed by atoms with E-state index >= 15 is 0 Å². The summed E-state index contributed by atoms with van der Waals surface area (Å²) in [6.45, 7) is 2.11. The molecule has 1 N–H and O–H groups in total. The zero-order valence-electron chi connectivity index (χ0n) is 10.6. The first kappa shape index (κ1) is 12.6. The molecule has 0 spiro atoms. The molecule has 1 atom stereocenters. The predicted molar refractivity (Wildman–Crippen MR) is 69.8 cm³/mol. The Morgan fingerprint density at radius 1 is 1.39 bits per heavy atom. The summed E-state index contributed by atoms with van der Waals surface area (Å²) >= 11 is 0. The molecule has 1 unspecified atom stereocenters. The summed E-state index contributed by atoms with van der Waals surface area (Å²) in [6, 6.07) is 10.5. The third-order valence-corrected chi connectivity index (χ3v) is 3.27. The molecule has 3 heteroatoms. The fourth-order valence-electron chi connectivity index (χ4n) is 1.87. The quantitative estimate of drug-likeness (QED) is 0.860. The van der Waals surface area contributed by atoms with Crippen molar-refractivity contribution in [3.63, 3.8) is 0 Å². The van der Waals surface area contributed by atoms with Gasteiger partial charge in [0, 0.05) is 6.04 Å². The Kier molecular flexibility index (Phi) is 3.99. The minimum absolute atomic E-state index is 0.125. The number of hydrogen-bond acceptors (Lipinski definition) is 2. The highest BCUT2D eigenvalue weighted by Gasteiger charge is 2.27. The zero-order chi connectivity index (χ0) is 13.0. The molecule has 0 aromatic heterocycles. The van der Waals surface area contributed by atoms with Gasteiger partial charge in [0.1, 0.15) is 5.92 Å². The molecule has 0 heterocycles. The van der Waals surface area contributed by atoms with E-state index in [0.29, 0.717) is 12.5 Å². The van der Waals surface area contributed by atoms with Crippen LogP contribution in [0.4, 0.5) is 0 Å². The molecule has 1 saturated carbocycles. The van der Waals surface area contributed by atoms with Crippen LogP contribution in [-0.2, 0) is 17.6 Å². The van der Waals surface area contributed by atoms with Crippen molar-refractivity contribution in [3.05, 3.63) is 35.4 Å². The van der Waals surface area contributed by atoms with Crippen LogP contribution in [0.3, 0.4) is 0 Å². The second-order valence-electron chi connectivity index (χ2n) is 4.84. The van der Waals surface area contributed by atoms with Gasteiger partial charge in [-0.3, -0.25) is 4.79 Å². The van der Waals surface area contributed by atoms with E-state index in [2.05, 4.69) is 30.4 Å². The lowest BCUT2D eigenvalue weighted by atomic mass is 9.98. The fraction of sp³-hybridized carbons (Fsp3) is 0.467. The molecule has 1 aliphatic rings. The molecule has 0 bridgehead atoms. The Hall–Kier alpha value is -1.82. The Bertz CT molecular complexity index is 454. The molecule has 2 rings (SSSR count). The summed E-state index contributed by atoms with van der Waals surface area (Å²) in [4.78, 5) is 11.8. The molecule has 1 amide bonds. The monoisotopic (exact) mass is 242 g/mol. The van der Waals surface area contributed by atoms with Crippen molar-refractivity contribution in [2.45, 2.75) is 38.6 Å². The second-order valence-corrected chi connectivity index (χ2v) is 4.84. The number of benzene rings is 1. The normalized spacial score (nSPS) is 15.8. The SMILES string of the molecule is CCc1ccc(CC(C#N)C(=O)NC2CC2)cc1. The molecule has 1 aliphatic carbocycles. The van der Waals surface area contributed by atoms with Gasteiger partial charge in [0.15, 0.2) is 0 Å². The molecule has 94 valence electrons. The van der Waals surface area contributed by atoms with Gasteiger partial charge in [-0.1, -0.05) is 31.2 Å². The van der Waals surface area contributed by atoms with Gasteiger partial charge >= 0.3 is 0 Å². The van der Waals surface area contributed by atoms with Gasteiger partial charge in [-0.15, -0.1) is 0 Å². The maximum Gasteiger partial charge on any atom is 0.237 e. The maximum absolute atomic E-state index is 11.8.